The van der Waals surface area contributed by atoms with E-state index in [-0.39, 0.29) is 5.25 Å². The second kappa shape index (κ2) is 6.23. The molecule has 2 atom stereocenters. The maximum atomic E-state index is 12.1. The average Bonchev–Trinajstić information content (AvgIpc) is 2.25. The highest BCUT2D eigenvalue weighted by Crippen LogP contribution is 2.25. The van der Waals surface area contributed by atoms with Crippen molar-refractivity contribution in [2.75, 3.05) is 19.5 Å². The summed E-state index contributed by atoms with van der Waals surface area (Å²) in [5.74, 6) is 0. The molecule has 3 nitrogen and oxygen atoms in total. The number of methoxy groups -OCH3 is 1. The van der Waals surface area contributed by atoms with Gasteiger partial charge in [-0.3, -0.25) is 4.21 Å². The number of nitrogen functional groups attached to an aromatic ring is 1. The molecule has 0 aliphatic carbocycles. The van der Waals surface area contributed by atoms with Crippen molar-refractivity contribution in [3.05, 3.63) is 23.2 Å². The molecular formula is C11H16ClNO2S. The van der Waals surface area contributed by atoms with E-state index >= 15 is 0 Å². The summed E-state index contributed by atoms with van der Waals surface area (Å²) in [6.07, 6.45) is 0.740. The van der Waals surface area contributed by atoms with Gasteiger partial charge in [-0.25, -0.2) is 0 Å². The first-order valence-electron chi connectivity index (χ1n) is 5.00. The lowest BCUT2D eigenvalue weighted by Crippen LogP contribution is -2.13. The van der Waals surface area contributed by atoms with Crippen molar-refractivity contribution < 1.29 is 8.95 Å². The van der Waals surface area contributed by atoms with Crippen LogP contribution in [0.1, 0.15) is 13.3 Å². The van der Waals surface area contributed by atoms with E-state index < -0.39 is 10.8 Å². The largest absolute Gasteiger partial charge is 0.399 e. The molecule has 0 heterocycles. The predicted octanol–water partition coefficient (Wildman–Crippen LogP) is 2.45. The van der Waals surface area contributed by atoms with Gasteiger partial charge in [0.05, 0.1) is 20.7 Å². The van der Waals surface area contributed by atoms with Gasteiger partial charge in [0, 0.05) is 24.7 Å². The summed E-state index contributed by atoms with van der Waals surface area (Å²) in [5.41, 5.74) is 6.16. The van der Waals surface area contributed by atoms with Gasteiger partial charge in [-0.2, -0.15) is 0 Å². The normalized spacial score (nSPS) is 14.7. The first kappa shape index (κ1) is 13.5. The van der Waals surface area contributed by atoms with Crippen LogP contribution in [0.25, 0.3) is 0 Å². The maximum absolute atomic E-state index is 12.1. The smallest absolute Gasteiger partial charge is 0.0588 e. The number of nitrogens with two attached hydrogens (primary N) is 1. The van der Waals surface area contributed by atoms with Crippen LogP contribution in [0.3, 0.4) is 0 Å². The number of anilines is 1. The first-order chi connectivity index (χ1) is 7.56. The van der Waals surface area contributed by atoms with Crippen molar-refractivity contribution in [2.24, 2.45) is 0 Å². The third-order valence-corrected chi connectivity index (χ3v) is 4.45. The van der Waals surface area contributed by atoms with Crippen LogP contribution in [0.15, 0.2) is 23.1 Å². The quantitative estimate of drug-likeness (QED) is 0.829. The van der Waals surface area contributed by atoms with Crippen molar-refractivity contribution in [2.45, 2.75) is 23.5 Å². The standard InChI is InChI=1S/C11H16ClNO2S/c1-8(5-6-15-2)16(14)11-4-3-9(13)7-10(11)12/h3-4,7-8H,5-6,13H2,1-2H3. The van der Waals surface area contributed by atoms with E-state index in [1.54, 1.807) is 25.3 Å². The molecule has 16 heavy (non-hydrogen) atoms. The molecule has 2 N–H and O–H groups in total. The molecule has 0 saturated carbocycles. The predicted molar refractivity (Wildman–Crippen MR) is 68.2 cm³/mol. The fraction of sp³-hybridized carbons (Fsp3) is 0.455. The van der Waals surface area contributed by atoms with Gasteiger partial charge in [0.25, 0.3) is 0 Å². The van der Waals surface area contributed by atoms with E-state index in [1.165, 1.54) is 0 Å². The molecular weight excluding hydrogens is 246 g/mol. The molecule has 1 aromatic rings. The lowest BCUT2D eigenvalue weighted by atomic mass is 10.3. The molecule has 2 unspecified atom stereocenters. The second-order valence-corrected chi connectivity index (χ2v) is 5.83. The number of hydrogen-bond acceptors (Lipinski definition) is 3. The Bertz CT molecular complexity index is 384. The summed E-state index contributed by atoms with van der Waals surface area (Å²) in [6.45, 7) is 2.52. The Labute approximate surface area is 103 Å². The van der Waals surface area contributed by atoms with Crippen LogP contribution in [-0.4, -0.2) is 23.2 Å². The van der Waals surface area contributed by atoms with Crippen molar-refractivity contribution in [3.63, 3.8) is 0 Å². The Kier molecular flexibility index (Phi) is 5.25. The van der Waals surface area contributed by atoms with E-state index in [4.69, 9.17) is 22.1 Å². The Hall–Kier alpha value is -0.580. The molecule has 90 valence electrons. The molecule has 0 saturated heterocycles. The van der Waals surface area contributed by atoms with Gasteiger partial charge >= 0.3 is 0 Å². The SMILES string of the molecule is COCCC(C)S(=O)c1ccc(N)cc1Cl. The highest BCUT2D eigenvalue weighted by atomic mass is 35.5. The molecule has 5 heteroatoms. The number of benzene rings is 1. The Morgan fingerprint density at radius 3 is 2.81 bits per heavy atom. The fourth-order valence-corrected chi connectivity index (χ4v) is 2.90. The minimum atomic E-state index is -1.12. The van der Waals surface area contributed by atoms with Crippen LogP contribution in [0.2, 0.25) is 5.02 Å². The zero-order valence-corrected chi connectivity index (χ0v) is 11.0. The lowest BCUT2D eigenvalue weighted by Gasteiger charge is -2.12. The highest BCUT2D eigenvalue weighted by Gasteiger charge is 2.15. The minimum Gasteiger partial charge on any atom is -0.399 e. The Morgan fingerprint density at radius 2 is 2.25 bits per heavy atom. The van der Waals surface area contributed by atoms with E-state index in [0.717, 1.165) is 6.42 Å². The molecule has 1 aromatic carbocycles. The molecule has 1 rings (SSSR count). The molecule has 0 bridgehead atoms. The van der Waals surface area contributed by atoms with Crippen LogP contribution in [0.5, 0.6) is 0 Å². The van der Waals surface area contributed by atoms with Gasteiger partial charge in [-0.15, -0.1) is 0 Å². The third kappa shape index (κ3) is 3.47. The monoisotopic (exact) mass is 261 g/mol. The molecule has 0 radical (unpaired) electrons. The molecule has 0 amide bonds. The van der Waals surface area contributed by atoms with Gasteiger partial charge < -0.3 is 10.5 Å². The lowest BCUT2D eigenvalue weighted by molar-refractivity contribution is 0.195. The van der Waals surface area contributed by atoms with Crippen LogP contribution < -0.4 is 5.73 Å². The first-order valence-corrected chi connectivity index (χ1v) is 6.60. The van der Waals surface area contributed by atoms with E-state index in [0.29, 0.717) is 22.2 Å². The summed E-state index contributed by atoms with van der Waals surface area (Å²) in [6, 6.07) is 5.05. The number of hydrogen-bond donors (Lipinski definition) is 1. The number of ether oxygens (including phenoxy) is 1. The molecule has 0 spiro atoms. The van der Waals surface area contributed by atoms with E-state index in [9.17, 15) is 4.21 Å². The molecule has 0 aliphatic rings. The number of halogens is 1. The molecule has 0 aliphatic heterocycles. The van der Waals surface area contributed by atoms with Crippen molar-refractivity contribution in [1.82, 2.24) is 0 Å². The fourth-order valence-electron chi connectivity index (χ4n) is 1.29. The average molecular weight is 262 g/mol. The summed E-state index contributed by atoms with van der Waals surface area (Å²) >= 11 is 6.00. The summed E-state index contributed by atoms with van der Waals surface area (Å²) in [4.78, 5) is 0.638. The summed E-state index contributed by atoms with van der Waals surface area (Å²) in [5, 5.41) is 0.476. The van der Waals surface area contributed by atoms with Gasteiger partial charge in [-0.1, -0.05) is 18.5 Å². The van der Waals surface area contributed by atoms with Gasteiger partial charge in [-0.05, 0) is 24.6 Å². The second-order valence-electron chi connectivity index (χ2n) is 3.58. The molecule has 0 fully saturated rings. The van der Waals surface area contributed by atoms with Crippen LogP contribution in [0, 0.1) is 0 Å². The Morgan fingerprint density at radius 1 is 1.56 bits per heavy atom. The van der Waals surface area contributed by atoms with Crippen molar-refractivity contribution in [3.8, 4) is 0 Å². The van der Waals surface area contributed by atoms with Crippen LogP contribution in [0.4, 0.5) is 5.69 Å². The van der Waals surface area contributed by atoms with E-state index in [1.807, 2.05) is 6.92 Å². The zero-order chi connectivity index (χ0) is 12.1. The van der Waals surface area contributed by atoms with Crippen LogP contribution >= 0.6 is 11.6 Å². The third-order valence-electron chi connectivity index (χ3n) is 2.27. The number of rotatable bonds is 5. The van der Waals surface area contributed by atoms with Crippen molar-refractivity contribution >= 4 is 28.1 Å². The van der Waals surface area contributed by atoms with Crippen LogP contribution in [-0.2, 0) is 15.5 Å². The summed E-state index contributed by atoms with van der Waals surface area (Å²) in [7, 11) is 0.514. The highest BCUT2D eigenvalue weighted by molar-refractivity contribution is 7.85. The zero-order valence-electron chi connectivity index (χ0n) is 9.40. The summed E-state index contributed by atoms with van der Waals surface area (Å²) < 4.78 is 17.1. The van der Waals surface area contributed by atoms with E-state index in [2.05, 4.69) is 0 Å². The Balaban J connectivity index is 2.79. The van der Waals surface area contributed by atoms with Gasteiger partial charge in [0.15, 0.2) is 0 Å². The van der Waals surface area contributed by atoms with Gasteiger partial charge in [0.2, 0.25) is 0 Å². The van der Waals surface area contributed by atoms with Crippen molar-refractivity contribution in [1.29, 1.82) is 0 Å². The van der Waals surface area contributed by atoms with Gasteiger partial charge in [0.1, 0.15) is 0 Å². The minimum absolute atomic E-state index is 0.0149. The molecule has 0 aromatic heterocycles. The maximum Gasteiger partial charge on any atom is 0.0588 e. The topological polar surface area (TPSA) is 52.3 Å².